The Labute approximate surface area is 184 Å². The van der Waals surface area contributed by atoms with Gasteiger partial charge in [0.15, 0.2) is 5.76 Å². The molecule has 4 heterocycles. The third kappa shape index (κ3) is 3.70. The van der Waals surface area contributed by atoms with Gasteiger partial charge in [0.05, 0.1) is 24.3 Å². The lowest BCUT2D eigenvalue weighted by Crippen LogP contribution is -2.41. The first-order valence-electron chi connectivity index (χ1n) is 10.5. The van der Waals surface area contributed by atoms with Gasteiger partial charge in [0.2, 0.25) is 16.7 Å². The van der Waals surface area contributed by atoms with Crippen LogP contribution in [0.4, 0.5) is 0 Å². The lowest BCUT2D eigenvalue weighted by Gasteiger charge is -2.40. The van der Waals surface area contributed by atoms with Gasteiger partial charge in [-0.2, -0.15) is 9.50 Å². The van der Waals surface area contributed by atoms with E-state index >= 15 is 0 Å². The van der Waals surface area contributed by atoms with E-state index < -0.39 is 0 Å². The number of aromatic nitrogens is 3. The largest absolute Gasteiger partial charge is 0.497 e. The summed E-state index contributed by atoms with van der Waals surface area (Å²) in [4.78, 5) is 8.55. The fourth-order valence-corrected chi connectivity index (χ4v) is 5.82. The second-order valence-corrected chi connectivity index (χ2v) is 9.49. The molecular formula is C23H26N4O3S. The molecule has 8 heteroatoms. The summed E-state index contributed by atoms with van der Waals surface area (Å²) in [7, 11) is 1.68. The summed E-state index contributed by atoms with van der Waals surface area (Å²) >= 11 is 1.47. The standard InChI is InChI=1S/C23H26N4O3S/c1-14-10-15(2)13-26(12-14)19(16-6-4-7-17(11-16)29-3)20-22(28)27-23(31-20)24-21(25-27)18-8-5-9-30-18/h4-9,11,14-15,19,28H,10,12-13H2,1-3H3/t14-,15-,19-/m1/s1. The van der Waals surface area contributed by atoms with Crippen LogP contribution in [0.3, 0.4) is 0 Å². The number of rotatable bonds is 5. The van der Waals surface area contributed by atoms with Crippen LogP contribution in [0.25, 0.3) is 16.5 Å². The highest BCUT2D eigenvalue weighted by Gasteiger charge is 2.34. The van der Waals surface area contributed by atoms with E-state index in [1.54, 1.807) is 19.4 Å². The van der Waals surface area contributed by atoms with Crippen molar-refractivity contribution < 1.29 is 14.3 Å². The van der Waals surface area contributed by atoms with Crippen molar-refractivity contribution in [3.05, 3.63) is 53.1 Å². The van der Waals surface area contributed by atoms with Crippen LogP contribution in [-0.4, -0.2) is 44.8 Å². The van der Waals surface area contributed by atoms with Crippen molar-refractivity contribution in [3.63, 3.8) is 0 Å². The van der Waals surface area contributed by atoms with Crippen LogP contribution in [0.2, 0.25) is 0 Å². The first-order valence-corrected chi connectivity index (χ1v) is 11.4. The lowest BCUT2D eigenvalue weighted by atomic mass is 9.89. The number of ether oxygens (including phenoxy) is 1. The summed E-state index contributed by atoms with van der Waals surface area (Å²) in [5, 5.41) is 15.7. The van der Waals surface area contributed by atoms with E-state index in [0.29, 0.717) is 28.4 Å². The molecule has 0 aliphatic carbocycles. The maximum atomic E-state index is 11.2. The van der Waals surface area contributed by atoms with Crippen LogP contribution in [-0.2, 0) is 0 Å². The molecule has 0 bridgehead atoms. The van der Waals surface area contributed by atoms with E-state index in [4.69, 9.17) is 9.15 Å². The van der Waals surface area contributed by atoms with Gasteiger partial charge in [0.25, 0.3) is 0 Å². The number of furan rings is 1. The summed E-state index contributed by atoms with van der Waals surface area (Å²) in [6, 6.07) is 11.6. The highest BCUT2D eigenvalue weighted by molar-refractivity contribution is 7.17. The summed E-state index contributed by atoms with van der Waals surface area (Å²) < 4.78 is 12.4. The van der Waals surface area contributed by atoms with E-state index in [1.807, 2.05) is 18.2 Å². The average Bonchev–Trinajstić information content (AvgIpc) is 3.47. The van der Waals surface area contributed by atoms with Gasteiger partial charge in [-0.25, -0.2) is 0 Å². The minimum Gasteiger partial charge on any atom is -0.497 e. The monoisotopic (exact) mass is 438 g/mol. The Morgan fingerprint density at radius 3 is 2.68 bits per heavy atom. The zero-order valence-corrected chi connectivity index (χ0v) is 18.7. The number of piperidine rings is 1. The van der Waals surface area contributed by atoms with Crippen molar-refractivity contribution in [1.29, 1.82) is 0 Å². The second-order valence-electron chi connectivity index (χ2n) is 8.48. The molecule has 1 saturated heterocycles. The summed E-state index contributed by atoms with van der Waals surface area (Å²) in [6.07, 6.45) is 2.81. The van der Waals surface area contributed by atoms with E-state index in [1.165, 1.54) is 22.3 Å². The molecule has 1 N–H and O–H groups in total. The molecule has 3 atom stereocenters. The normalized spacial score (nSPS) is 20.9. The minimum absolute atomic E-state index is 0.0964. The Bertz CT molecular complexity index is 1170. The van der Waals surface area contributed by atoms with E-state index in [-0.39, 0.29) is 11.9 Å². The zero-order valence-electron chi connectivity index (χ0n) is 17.9. The van der Waals surface area contributed by atoms with Gasteiger partial charge in [-0.3, -0.25) is 4.90 Å². The predicted molar refractivity (Wildman–Crippen MR) is 120 cm³/mol. The Balaban J connectivity index is 1.61. The van der Waals surface area contributed by atoms with Crippen LogP contribution in [0, 0.1) is 11.8 Å². The van der Waals surface area contributed by atoms with Crippen LogP contribution in [0.5, 0.6) is 11.6 Å². The number of hydrogen-bond donors (Lipinski definition) is 1. The van der Waals surface area contributed by atoms with Crippen molar-refractivity contribution in [2.24, 2.45) is 11.8 Å². The quantitative estimate of drug-likeness (QED) is 0.481. The van der Waals surface area contributed by atoms with E-state index in [9.17, 15) is 5.11 Å². The number of fused-ring (bicyclic) bond motifs is 1. The van der Waals surface area contributed by atoms with E-state index in [0.717, 1.165) is 29.3 Å². The van der Waals surface area contributed by atoms with Crippen molar-refractivity contribution >= 4 is 16.3 Å². The highest BCUT2D eigenvalue weighted by atomic mass is 32.1. The maximum absolute atomic E-state index is 11.2. The zero-order chi connectivity index (χ0) is 21.5. The van der Waals surface area contributed by atoms with Gasteiger partial charge in [0.1, 0.15) is 5.75 Å². The van der Waals surface area contributed by atoms with Gasteiger partial charge < -0.3 is 14.3 Å². The Morgan fingerprint density at radius 2 is 2.00 bits per heavy atom. The molecule has 7 nitrogen and oxygen atoms in total. The molecule has 162 valence electrons. The third-order valence-corrected chi connectivity index (χ3v) is 6.93. The smallest absolute Gasteiger partial charge is 0.230 e. The fourth-order valence-electron chi connectivity index (χ4n) is 4.70. The first kappa shape index (κ1) is 20.1. The first-order chi connectivity index (χ1) is 15.0. The van der Waals surface area contributed by atoms with Gasteiger partial charge in [-0.05, 0) is 48.1 Å². The summed E-state index contributed by atoms with van der Waals surface area (Å²) in [6.45, 7) is 6.53. The molecular weight excluding hydrogens is 412 g/mol. The predicted octanol–water partition coefficient (Wildman–Crippen LogP) is 4.83. The molecule has 1 aliphatic heterocycles. The highest BCUT2D eigenvalue weighted by Crippen LogP contribution is 2.43. The number of benzene rings is 1. The summed E-state index contributed by atoms with van der Waals surface area (Å²) in [5.74, 6) is 3.17. The topological polar surface area (TPSA) is 76.0 Å². The molecule has 0 saturated carbocycles. The molecule has 3 aromatic heterocycles. The van der Waals surface area contributed by atoms with Crippen molar-refractivity contribution in [1.82, 2.24) is 19.5 Å². The van der Waals surface area contributed by atoms with Crippen LogP contribution >= 0.6 is 11.3 Å². The van der Waals surface area contributed by atoms with E-state index in [2.05, 4.69) is 41.0 Å². The number of aromatic hydroxyl groups is 1. The van der Waals surface area contributed by atoms with Crippen molar-refractivity contribution in [2.45, 2.75) is 26.3 Å². The van der Waals surface area contributed by atoms with Crippen LogP contribution < -0.4 is 4.74 Å². The number of likely N-dealkylation sites (tertiary alicyclic amines) is 1. The number of nitrogens with zero attached hydrogens (tertiary/aromatic N) is 4. The number of thiazole rings is 1. The minimum atomic E-state index is -0.0964. The van der Waals surface area contributed by atoms with Crippen molar-refractivity contribution in [3.8, 4) is 23.2 Å². The van der Waals surface area contributed by atoms with Gasteiger partial charge in [-0.1, -0.05) is 37.3 Å². The molecule has 0 amide bonds. The maximum Gasteiger partial charge on any atom is 0.230 e. The molecule has 0 spiro atoms. The Hall–Kier alpha value is -2.84. The fraction of sp³-hybridized carbons (Fsp3) is 0.391. The molecule has 5 rings (SSSR count). The molecule has 1 aliphatic rings. The molecule has 1 aromatic carbocycles. The number of methoxy groups -OCH3 is 1. The summed E-state index contributed by atoms with van der Waals surface area (Å²) in [5.41, 5.74) is 1.09. The Kier molecular flexibility index (Phi) is 5.19. The van der Waals surface area contributed by atoms with Crippen LogP contribution in [0.1, 0.15) is 36.8 Å². The van der Waals surface area contributed by atoms with Gasteiger partial charge >= 0.3 is 0 Å². The SMILES string of the molecule is COc1cccc([C@H](c2sc3nc(-c4ccco4)nn3c2O)N2C[C@H](C)C[C@@H](C)C2)c1. The molecule has 0 radical (unpaired) electrons. The molecule has 31 heavy (non-hydrogen) atoms. The second kappa shape index (κ2) is 8.01. The number of hydrogen-bond acceptors (Lipinski definition) is 7. The van der Waals surface area contributed by atoms with Crippen LogP contribution in [0.15, 0.2) is 47.1 Å². The van der Waals surface area contributed by atoms with Crippen molar-refractivity contribution in [2.75, 3.05) is 20.2 Å². The third-order valence-electron chi connectivity index (χ3n) is 5.86. The molecule has 4 aromatic rings. The lowest BCUT2D eigenvalue weighted by molar-refractivity contribution is 0.111. The Morgan fingerprint density at radius 1 is 1.19 bits per heavy atom. The average molecular weight is 439 g/mol. The molecule has 1 fully saturated rings. The molecule has 0 unspecified atom stereocenters. The van der Waals surface area contributed by atoms with Gasteiger partial charge in [-0.15, -0.1) is 5.10 Å². The van der Waals surface area contributed by atoms with Gasteiger partial charge in [0, 0.05) is 13.1 Å².